The molecule has 1 heterocycles. The number of aliphatic imine (C=N–C) groups is 1. The van der Waals surface area contributed by atoms with E-state index in [0.29, 0.717) is 11.1 Å². The average molecular weight is 390 g/mol. The molecule has 0 aromatic heterocycles. The maximum Gasteiger partial charge on any atom is 0.363 e. The topological polar surface area (TPSA) is 74.2 Å². The molecule has 0 fully saturated rings. The van der Waals surface area contributed by atoms with Gasteiger partial charge in [-0.3, -0.25) is 4.79 Å². The first-order valence-electron chi connectivity index (χ1n) is 7.72. The van der Waals surface area contributed by atoms with E-state index in [1.807, 2.05) is 0 Å². The molecule has 0 saturated carbocycles. The molecule has 2 aromatic rings. The monoisotopic (exact) mass is 389 g/mol. The van der Waals surface area contributed by atoms with E-state index in [-0.39, 0.29) is 28.1 Å². The minimum atomic E-state index is -0.659. The number of carbonyl (C=O) groups is 2. The van der Waals surface area contributed by atoms with E-state index in [4.69, 9.17) is 25.8 Å². The molecule has 0 aliphatic carbocycles. The van der Waals surface area contributed by atoms with Crippen LogP contribution in [0.15, 0.2) is 47.1 Å². The van der Waals surface area contributed by atoms with Gasteiger partial charge < -0.3 is 14.2 Å². The molecule has 1 aliphatic rings. The van der Waals surface area contributed by atoms with Crippen molar-refractivity contribution >= 4 is 35.5 Å². The highest BCUT2D eigenvalue weighted by atomic mass is 35.5. The Morgan fingerprint density at radius 3 is 2.59 bits per heavy atom. The van der Waals surface area contributed by atoms with Gasteiger partial charge in [0, 0.05) is 12.5 Å². The fraction of sp³-hybridized carbons (Fsp3) is 0.105. The van der Waals surface area contributed by atoms with Gasteiger partial charge in [-0.2, -0.15) is 0 Å². The van der Waals surface area contributed by atoms with Gasteiger partial charge >= 0.3 is 11.9 Å². The lowest BCUT2D eigenvalue weighted by atomic mass is 10.1. The molecule has 0 bridgehead atoms. The Labute approximate surface area is 158 Å². The lowest BCUT2D eigenvalue weighted by Gasteiger charge is -2.10. The van der Waals surface area contributed by atoms with E-state index in [1.54, 1.807) is 0 Å². The van der Waals surface area contributed by atoms with Crippen LogP contribution in [0.2, 0.25) is 5.02 Å². The molecule has 0 amide bonds. The maximum atomic E-state index is 13.0. The second kappa shape index (κ2) is 7.59. The molecule has 0 unspecified atom stereocenters. The van der Waals surface area contributed by atoms with Gasteiger partial charge in [0.25, 0.3) is 0 Å². The third-order valence-corrected chi connectivity index (χ3v) is 3.79. The number of rotatable bonds is 4. The molecule has 0 saturated heterocycles. The van der Waals surface area contributed by atoms with Gasteiger partial charge in [0.15, 0.2) is 17.2 Å². The number of esters is 2. The fourth-order valence-corrected chi connectivity index (χ4v) is 2.61. The first-order valence-corrected chi connectivity index (χ1v) is 8.09. The zero-order valence-corrected chi connectivity index (χ0v) is 15.0. The van der Waals surface area contributed by atoms with Gasteiger partial charge in [0.05, 0.1) is 12.1 Å². The van der Waals surface area contributed by atoms with Crippen LogP contribution in [-0.2, 0) is 14.3 Å². The van der Waals surface area contributed by atoms with Gasteiger partial charge in [-0.15, -0.1) is 0 Å². The molecule has 138 valence electrons. The summed E-state index contributed by atoms with van der Waals surface area (Å²) in [5.74, 6) is -1.24. The third-order valence-electron chi connectivity index (χ3n) is 3.51. The summed E-state index contributed by atoms with van der Waals surface area (Å²) in [4.78, 5) is 27.4. The number of cyclic esters (lactones) is 1. The molecule has 3 rings (SSSR count). The van der Waals surface area contributed by atoms with Gasteiger partial charge in [-0.25, -0.2) is 14.2 Å². The van der Waals surface area contributed by atoms with Crippen molar-refractivity contribution in [2.45, 2.75) is 6.92 Å². The second-order valence-electron chi connectivity index (χ2n) is 5.47. The summed E-state index contributed by atoms with van der Waals surface area (Å²) < 4.78 is 28.4. The van der Waals surface area contributed by atoms with Crippen LogP contribution in [0, 0.1) is 5.82 Å². The highest BCUT2D eigenvalue weighted by Crippen LogP contribution is 2.37. The average Bonchev–Trinajstić information content (AvgIpc) is 2.98. The molecular formula is C19H13ClFNO5. The van der Waals surface area contributed by atoms with Crippen LogP contribution in [0.3, 0.4) is 0 Å². The SMILES string of the molecule is COc1cc(/C=C2\N=C(c3ccc(F)cc3)OC2=O)cc(Cl)c1OC(C)=O. The zero-order chi connectivity index (χ0) is 19.6. The van der Waals surface area contributed by atoms with Crippen LogP contribution in [0.1, 0.15) is 18.1 Å². The number of hydrogen-bond acceptors (Lipinski definition) is 6. The van der Waals surface area contributed by atoms with E-state index in [0.717, 1.165) is 0 Å². The molecule has 6 nitrogen and oxygen atoms in total. The Kier molecular flexibility index (Phi) is 5.23. The third kappa shape index (κ3) is 4.15. The number of hydrogen-bond donors (Lipinski definition) is 0. The minimum absolute atomic E-state index is 0.0349. The van der Waals surface area contributed by atoms with Crippen molar-refractivity contribution in [3.05, 3.63) is 64.1 Å². The van der Waals surface area contributed by atoms with Gasteiger partial charge in [0.2, 0.25) is 5.90 Å². The summed E-state index contributed by atoms with van der Waals surface area (Å²) >= 11 is 6.14. The lowest BCUT2D eigenvalue weighted by molar-refractivity contribution is -0.132. The van der Waals surface area contributed by atoms with E-state index >= 15 is 0 Å². The summed E-state index contributed by atoms with van der Waals surface area (Å²) in [6, 6.07) is 8.43. The molecule has 0 spiro atoms. The van der Waals surface area contributed by atoms with Crippen molar-refractivity contribution < 1.29 is 28.2 Å². The van der Waals surface area contributed by atoms with Gasteiger partial charge in [0.1, 0.15) is 5.82 Å². The van der Waals surface area contributed by atoms with Crippen molar-refractivity contribution in [1.82, 2.24) is 0 Å². The highest BCUT2D eigenvalue weighted by molar-refractivity contribution is 6.32. The van der Waals surface area contributed by atoms with Gasteiger partial charge in [-0.05, 0) is 48.0 Å². The lowest BCUT2D eigenvalue weighted by Crippen LogP contribution is -2.05. The van der Waals surface area contributed by atoms with Crippen LogP contribution >= 0.6 is 11.6 Å². The summed E-state index contributed by atoms with van der Waals surface area (Å²) in [6.07, 6.45) is 1.45. The normalized spacial score (nSPS) is 14.7. The van der Waals surface area contributed by atoms with E-state index in [2.05, 4.69) is 4.99 Å². The maximum absolute atomic E-state index is 13.0. The largest absolute Gasteiger partial charge is 0.493 e. The number of carbonyl (C=O) groups excluding carboxylic acids is 2. The molecule has 0 radical (unpaired) electrons. The molecule has 8 heteroatoms. The van der Waals surface area contributed by atoms with Crippen molar-refractivity contribution in [2.75, 3.05) is 7.11 Å². The summed E-state index contributed by atoms with van der Waals surface area (Å²) in [7, 11) is 1.39. The van der Waals surface area contributed by atoms with E-state index in [9.17, 15) is 14.0 Å². The molecule has 27 heavy (non-hydrogen) atoms. The Morgan fingerprint density at radius 2 is 1.96 bits per heavy atom. The first-order chi connectivity index (χ1) is 12.9. The zero-order valence-electron chi connectivity index (χ0n) is 14.3. The Balaban J connectivity index is 1.96. The molecule has 1 aliphatic heterocycles. The van der Waals surface area contributed by atoms with Crippen LogP contribution in [0.5, 0.6) is 11.5 Å². The standard InChI is InChI=1S/C19H13ClFNO5/c1-10(23)26-17-14(20)7-11(9-16(17)25-2)8-15-19(24)27-18(22-15)12-3-5-13(21)6-4-12/h3-9H,1-2H3/b15-8-. The first kappa shape index (κ1) is 18.6. The Hall–Kier alpha value is -3.19. The fourth-order valence-electron chi connectivity index (χ4n) is 2.35. The van der Waals surface area contributed by atoms with Crippen molar-refractivity contribution in [1.29, 1.82) is 0 Å². The predicted molar refractivity (Wildman–Crippen MR) is 96.3 cm³/mol. The van der Waals surface area contributed by atoms with Crippen molar-refractivity contribution in [3.63, 3.8) is 0 Å². The number of halogens is 2. The van der Waals surface area contributed by atoms with E-state index in [1.165, 1.54) is 56.5 Å². The van der Waals surface area contributed by atoms with Gasteiger partial charge in [-0.1, -0.05) is 11.6 Å². The number of ether oxygens (including phenoxy) is 3. The molecule has 0 N–H and O–H groups in total. The number of benzene rings is 2. The van der Waals surface area contributed by atoms with Crippen LogP contribution in [0.4, 0.5) is 4.39 Å². The number of nitrogens with zero attached hydrogens (tertiary/aromatic N) is 1. The summed E-state index contributed by atoms with van der Waals surface area (Å²) in [6.45, 7) is 1.24. The van der Waals surface area contributed by atoms with E-state index < -0.39 is 17.8 Å². The van der Waals surface area contributed by atoms with Crippen LogP contribution in [-0.4, -0.2) is 24.9 Å². The smallest absolute Gasteiger partial charge is 0.363 e. The summed E-state index contributed by atoms with van der Waals surface area (Å²) in [5, 5.41) is 0.130. The van der Waals surface area contributed by atoms with Crippen molar-refractivity contribution in [3.8, 4) is 11.5 Å². The second-order valence-corrected chi connectivity index (χ2v) is 5.88. The quantitative estimate of drug-likeness (QED) is 0.452. The molecule has 2 aromatic carbocycles. The predicted octanol–water partition coefficient (Wildman–Crippen LogP) is 3.76. The Bertz CT molecular complexity index is 982. The molecule has 0 atom stereocenters. The number of methoxy groups -OCH3 is 1. The van der Waals surface area contributed by atoms with Crippen LogP contribution < -0.4 is 9.47 Å². The molecular weight excluding hydrogens is 377 g/mol. The highest BCUT2D eigenvalue weighted by Gasteiger charge is 2.24. The van der Waals surface area contributed by atoms with Crippen molar-refractivity contribution in [2.24, 2.45) is 4.99 Å². The Morgan fingerprint density at radius 1 is 1.26 bits per heavy atom. The van der Waals surface area contributed by atoms with Crippen LogP contribution in [0.25, 0.3) is 6.08 Å². The minimum Gasteiger partial charge on any atom is -0.493 e. The summed E-state index contributed by atoms with van der Waals surface area (Å²) in [5.41, 5.74) is 0.991.